The highest BCUT2D eigenvalue weighted by Crippen LogP contribution is 2.23. The Hall–Kier alpha value is -1.78. The first kappa shape index (κ1) is 10.7. The van der Waals surface area contributed by atoms with Crippen LogP contribution in [0.15, 0.2) is 10.9 Å². The topological polar surface area (TPSA) is 79.5 Å². The van der Waals surface area contributed by atoms with E-state index < -0.39 is 5.97 Å². The lowest BCUT2D eigenvalue weighted by atomic mass is 10.1. The van der Waals surface area contributed by atoms with Gasteiger partial charge >= 0.3 is 5.97 Å². The van der Waals surface area contributed by atoms with Crippen molar-refractivity contribution in [3.63, 3.8) is 0 Å². The van der Waals surface area contributed by atoms with Crippen LogP contribution in [0.5, 0.6) is 5.75 Å². The monoisotopic (exact) mass is 223 g/mol. The molecule has 1 aromatic heterocycles. The first-order valence-corrected chi connectivity index (χ1v) is 5.26. The zero-order valence-corrected chi connectivity index (χ0v) is 8.77. The molecule has 0 bridgehead atoms. The van der Waals surface area contributed by atoms with E-state index in [1.165, 1.54) is 6.07 Å². The van der Waals surface area contributed by atoms with Crippen molar-refractivity contribution >= 4 is 5.97 Å². The lowest BCUT2D eigenvalue weighted by Gasteiger charge is -2.08. The van der Waals surface area contributed by atoms with Crippen LogP contribution in [0.1, 0.15) is 24.1 Å². The zero-order chi connectivity index (χ0) is 11.7. The van der Waals surface area contributed by atoms with Gasteiger partial charge in [-0.3, -0.25) is 9.59 Å². The van der Waals surface area contributed by atoms with Gasteiger partial charge in [-0.2, -0.15) is 0 Å². The number of aromatic hydroxyl groups is 1. The van der Waals surface area contributed by atoms with Crippen molar-refractivity contribution in [2.24, 2.45) is 0 Å². The molecule has 86 valence electrons. The fourth-order valence-electron chi connectivity index (χ4n) is 2.07. The summed E-state index contributed by atoms with van der Waals surface area (Å²) in [6.45, 7) is 0.614. The summed E-state index contributed by atoms with van der Waals surface area (Å²) in [5.41, 5.74) is 0.890. The second-order valence-electron chi connectivity index (χ2n) is 3.96. The van der Waals surface area contributed by atoms with E-state index in [-0.39, 0.29) is 24.2 Å². The average molecular weight is 223 g/mol. The van der Waals surface area contributed by atoms with E-state index in [4.69, 9.17) is 5.11 Å². The van der Waals surface area contributed by atoms with Crippen LogP contribution < -0.4 is 5.56 Å². The van der Waals surface area contributed by atoms with Crippen molar-refractivity contribution in [1.29, 1.82) is 0 Å². The number of hydrogen-bond acceptors (Lipinski definition) is 3. The molecule has 0 saturated heterocycles. The quantitative estimate of drug-likeness (QED) is 0.782. The Morgan fingerprint density at radius 3 is 2.94 bits per heavy atom. The van der Waals surface area contributed by atoms with Crippen LogP contribution in [0.3, 0.4) is 0 Å². The Morgan fingerprint density at radius 2 is 2.25 bits per heavy atom. The lowest BCUT2D eigenvalue weighted by Crippen LogP contribution is -2.23. The molecule has 0 aliphatic carbocycles. The number of carboxylic acids is 1. The van der Waals surface area contributed by atoms with Gasteiger partial charge in [-0.25, -0.2) is 0 Å². The van der Waals surface area contributed by atoms with Crippen molar-refractivity contribution in [2.45, 2.75) is 32.2 Å². The number of pyridine rings is 1. The van der Waals surface area contributed by atoms with Crippen LogP contribution in [0.25, 0.3) is 0 Å². The number of aryl methyl sites for hydroxylation is 1. The van der Waals surface area contributed by atoms with Gasteiger partial charge in [-0.1, -0.05) is 0 Å². The Morgan fingerprint density at radius 1 is 1.50 bits per heavy atom. The number of carbonyl (C=O) groups is 1. The first-order valence-electron chi connectivity index (χ1n) is 5.26. The second kappa shape index (κ2) is 4.00. The summed E-state index contributed by atoms with van der Waals surface area (Å²) in [6, 6.07) is 1.41. The smallest absolute Gasteiger partial charge is 0.303 e. The summed E-state index contributed by atoms with van der Waals surface area (Å²) in [5.74, 6) is -0.832. The van der Waals surface area contributed by atoms with Crippen LogP contribution in [0.4, 0.5) is 0 Å². The normalized spacial score (nSPS) is 13.8. The van der Waals surface area contributed by atoms with E-state index in [2.05, 4.69) is 0 Å². The highest BCUT2D eigenvalue weighted by molar-refractivity contribution is 5.67. The molecule has 0 spiro atoms. The van der Waals surface area contributed by atoms with Gasteiger partial charge in [0.2, 0.25) is 0 Å². The number of fused-ring (bicyclic) bond motifs is 1. The summed E-state index contributed by atoms with van der Waals surface area (Å²) in [4.78, 5) is 22.3. The molecule has 2 rings (SSSR count). The predicted molar refractivity (Wildman–Crippen MR) is 56.6 cm³/mol. The van der Waals surface area contributed by atoms with Gasteiger partial charge in [0.25, 0.3) is 5.56 Å². The molecule has 0 amide bonds. The molecule has 0 fully saturated rings. The first-order chi connectivity index (χ1) is 7.59. The third kappa shape index (κ3) is 1.80. The Labute approximate surface area is 92.0 Å². The minimum Gasteiger partial charge on any atom is -0.506 e. The van der Waals surface area contributed by atoms with Gasteiger partial charge in [0.15, 0.2) is 0 Å². The molecular weight excluding hydrogens is 210 g/mol. The number of carboxylic acid groups (broad SMARTS) is 1. The number of rotatable bonds is 3. The van der Waals surface area contributed by atoms with Gasteiger partial charge in [0.05, 0.1) is 5.69 Å². The van der Waals surface area contributed by atoms with Crippen LogP contribution >= 0.6 is 0 Å². The highest BCUT2D eigenvalue weighted by atomic mass is 16.4. The van der Waals surface area contributed by atoms with Crippen molar-refractivity contribution in [3.05, 3.63) is 27.7 Å². The van der Waals surface area contributed by atoms with Crippen molar-refractivity contribution in [3.8, 4) is 5.75 Å². The molecule has 1 aromatic rings. The van der Waals surface area contributed by atoms with Gasteiger partial charge in [0.1, 0.15) is 5.75 Å². The lowest BCUT2D eigenvalue weighted by molar-refractivity contribution is -0.136. The van der Waals surface area contributed by atoms with Crippen LogP contribution in [0, 0.1) is 0 Å². The fraction of sp³-hybridized carbons (Fsp3) is 0.455. The number of aliphatic carboxylic acids is 1. The summed E-state index contributed by atoms with van der Waals surface area (Å²) in [7, 11) is 0. The van der Waals surface area contributed by atoms with Crippen molar-refractivity contribution in [1.82, 2.24) is 4.57 Å². The molecular formula is C11H13NO4. The van der Waals surface area contributed by atoms with E-state index >= 15 is 0 Å². The van der Waals surface area contributed by atoms with Crippen molar-refractivity contribution in [2.75, 3.05) is 0 Å². The van der Waals surface area contributed by atoms with Gasteiger partial charge in [-0.05, 0) is 25.3 Å². The molecule has 0 saturated carbocycles. The Kier molecular flexibility index (Phi) is 2.68. The van der Waals surface area contributed by atoms with E-state index in [1.807, 2.05) is 0 Å². The third-order valence-corrected chi connectivity index (χ3v) is 2.86. The minimum absolute atomic E-state index is 0.0893. The van der Waals surface area contributed by atoms with E-state index in [9.17, 15) is 14.7 Å². The number of nitrogens with zero attached hydrogens (tertiary/aromatic N) is 1. The van der Waals surface area contributed by atoms with E-state index in [1.54, 1.807) is 4.57 Å². The molecule has 5 nitrogen and oxygen atoms in total. The third-order valence-electron chi connectivity index (χ3n) is 2.86. The van der Waals surface area contributed by atoms with Gasteiger partial charge < -0.3 is 14.8 Å². The summed E-state index contributed by atoms with van der Waals surface area (Å²) < 4.78 is 1.55. The molecule has 0 aromatic carbocycles. The van der Waals surface area contributed by atoms with Crippen LogP contribution in [-0.2, 0) is 24.2 Å². The maximum atomic E-state index is 11.9. The minimum atomic E-state index is -0.940. The van der Waals surface area contributed by atoms with Crippen LogP contribution in [-0.4, -0.2) is 20.7 Å². The van der Waals surface area contributed by atoms with Gasteiger partial charge in [0, 0.05) is 18.5 Å². The maximum Gasteiger partial charge on any atom is 0.303 e. The molecule has 1 aliphatic rings. The Bertz CT molecular complexity index is 489. The van der Waals surface area contributed by atoms with E-state index in [0.29, 0.717) is 24.2 Å². The summed E-state index contributed by atoms with van der Waals surface area (Å²) in [5, 5.41) is 18.3. The molecule has 16 heavy (non-hydrogen) atoms. The highest BCUT2D eigenvalue weighted by Gasteiger charge is 2.18. The Balaban J connectivity index is 2.37. The standard InChI is InChI=1S/C11H13NO4/c13-9-6-7(3-4-10(14)15)11(16)12-5-1-2-8(9)12/h6,13H,1-5H2,(H,14,15). The van der Waals surface area contributed by atoms with E-state index in [0.717, 1.165) is 6.42 Å². The summed E-state index contributed by atoms with van der Waals surface area (Å²) >= 11 is 0. The van der Waals surface area contributed by atoms with Crippen molar-refractivity contribution < 1.29 is 15.0 Å². The molecule has 2 heterocycles. The second-order valence-corrected chi connectivity index (χ2v) is 3.96. The molecule has 0 radical (unpaired) electrons. The zero-order valence-electron chi connectivity index (χ0n) is 8.77. The predicted octanol–water partition coefficient (Wildman–Crippen LogP) is 0.517. The maximum absolute atomic E-state index is 11.9. The number of hydrogen-bond donors (Lipinski definition) is 2. The number of aromatic nitrogens is 1. The summed E-state index contributed by atoms with van der Waals surface area (Å²) in [6.07, 6.45) is 1.64. The average Bonchev–Trinajstić information content (AvgIpc) is 2.70. The SMILES string of the molecule is O=C(O)CCc1cc(O)c2n(c1=O)CCC2. The van der Waals surface area contributed by atoms with Gasteiger partial charge in [-0.15, -0.1) is 0 Å². The van der Waals surface area contributed by atoms with Crippen LogP contribution in [0.2, 0.25) is 0 Å². The largest absolute Gasteiger partial charge is 0.506 e. The molecule has 1 aliphatic heterocycles. The molecule has 0 atom stereocenters. The molecule has 5 heteroatoms. The fourth-order valence-corrected chi connectivity index (χ4v) is 2.07. The molecule has 0 unspecified atom stereocenters. The molecule has 2 N–H and O–H groups in total.